The van der Waals surface area contributed by atoms with E-state index in [1.54, 1.807) is 21.0 Å². The molecule has 0 saturated carbocycles. The molecule has 0 aliphatic rings. The van der Waals surface area contributed by atoms with Crippen LogP contribution < -0.4 is 0 Å². The van der Waals surface area contributed by atoms with E-state index >= 15 is 0 Å². The Bertz CT molecular complexity index is 318. The monoisotopic (exact) mass is 302 g/mol. The Morgan fingerprint density at radius 2 is 1.33 bits per heavy atom. The summed E-state index contributed by atoms with van der Waals surface area (Å²) in [5, 5.41) is 0. The summed E-state index contributed by atoms with van der Waals surface area (Å²) in [6, 6.07) is 0. The second-order valence-electron chi connectivity index (χ2n) is 5.74. The van der Waals surface area contributed by atoms with Crippen molar-refractivity contribution >= 4 is 11.9 Å². The molecule has 0 aliphatic carbocycles. The van der Waals surface area contributed by atoms with Crippen LogP contribution in [0.1, 0.15) is 60.3 Å². The fourth-order valence-corrected chi connectivity index (χ4v) is 2.20. The van der Waals surface area contributed by atoms with Crippen molar-refractivity contribution in [3.63, 3.8) is 0 Å². The Labute approximate surface area is 128 Å². The topological polar surface area (TPSA) is 61.8 Å². The average molecular weight is 302 g/mol. The Morgan fingerprint density at radius 1 is 0.857 bits per heavy atom. The molecule has 5 nitrogen and oxygen atoms in total. The van der Waals surface area contributed by atoms with Crippen LogP contribution in [0.25, 0.3) is 0 Å². The Kier molecular flexibility index (Phi) is 8.55. The van der Waals surface area contributed by atoms with Crippen molar-refractivity contribution in [1.82, 2.24) is 0 Å². The van der Waals surface area contributed by atoms with Gasteiger partial charge in [0.2, 0.25) is 0 Å². The first-order chi connectivity index (χ1) is 9.79. The molecule has 21 heavy (non-hydrogen) atoms. The summed E-state index contributed by atoms with van der Waals surface area (Å²) in [5.41, 5.74) is -1.63. The lowest BCUT2D eigenvalue weighted by molar-refractivity contribution is -0.174. The largest absolute Gasteiger partial charge is 0.465 e. The van der Waals surface area contributed by atoms with Crippen LogP contribution in [0.15, 0.2) is 0 Å². The van der Waals surface area contributed by atoms with Crippen molar-refractivity contribution in [1.29, 1.82) is 0 Å². The molecule has 0 radical (unpaired) electrons. The summed E-state index contributed by atoms with van der Waals surface area (Å²) < 4.78 is 15.7. The molecule has 124 valence electrons. The highest BCUT2D eigenvalue weighted by Crippen LogP contribution is 2.36. The number of ether oxygens (including phenoxy) is 3. The number of rotatable bonds is 10. The van der Waals surface area contributed by atoms with Gasteiger partial charge in [0, 0.05) is 7.11 Å². The maximum absolute atomic E-state index is 12.4. The van der Waals surface area contributed by atoms with Gasteiger partial charge in [0.1, 0.15) is 0 Å². The summed E-state index contributed by atoms with van der Waals surface area (Å²) in [6.07, 6.45) is 2.05. The van der Waals surface area contributed by atoms with Gasteiger partial charge in [-0.3, -0.25) is 9.59 Å². The van der Waals surface area contributed by atoms with Gasteiger partial charge in [-0.2, -0.15) is 0 Å². The van der Waals surface area contributed by atoms with Gasteiger partial charge < -0.3 is 14.2 Å². The van der Waals surface area contributed by atoms with E-state index in [1.165, 1.54) is 0 Å². The number of hydrogen-bond acceptors (Lipinski definition) is 5. The smallest absolute Gasteiger partial charge is 0.323 e. The number of esters is 2. The second kappa shape index (κ2) is 9.03. The van der Waals surface area contributed by atoms with E-state index in [0.29, 0.717) is 25.7 Å². The third-order valence-electron chi connectivity index (χ3n) is 3.72. The molecule has 0 spiro atoms. The summed E-state index contributed by atoms with van der Waals surface area (Å²) in [5.74, 6) is -0.977. The standard InChI is InChI=1S/C16H30O5/c1-7-10-16(13(17)20-8-2,14(18)21-9-3)12-11-15(4,5)19-6/h7-12H2,1-6H3. The molecular formula is C16H30O5. The first-order valence-corrected chi connectivity index (χ1v) is 7.69. The molecule has 0 aromatic carbocycles. The summed E-state index contributed by atoms with van der Waals surface area (Å²) in [7, 11) is 1.62. The normalized spacial score (nSPS) is 12.1. The van der Waals surface area contributed by atoms with Gasteiger partial charge in [-0.15, -0.1) is 0 Å². The number of carbonyl (C=O) groups is 2. The van der Waals surface area contributed by atoms with Crippen LogP contribution in [0.4, 0.5) is 0 Å². The maximum Gasteiger partial charge on any atom is 0.323 e. The molecule has 0 unspecified atom stereocenters. The molecule has 0 aromatic rings. The molecular weight excluding hydrogens is 272 g/mol. The van der Waals surface area contributed by atoms with Crippen molar-refractivity contribution in [2.75, 3.05) is 20.3 Å². The molecule has 0 saturated heterocycles. The molecule has 0 N–H and O–H groups in total. The van der Waals surface area contributed by atoms with Crippen LogP contribution in [0.3, 0.4) is 0 Å². The molecule has 0 heterocycles. The van der Waals surface area contributed by atoms with Crippen molar-refractivity contribution < 1.29 is 23.8 Å². The molecule has 0 rings (SSSR count). The van der Waals surface area contributed by atoms with E-state index in [1.807, 2.05) is 20.8 Å². The van der Waals surface area contributed by atoms with E-state index in [2.05, 4.69) is 0 Å². The maximum atomic E-state index is 12.4. The lowest BCUT2D eigenvalue weighted by Gasteiger charge is -2.32. The predicted molar refractivity (Wildman–Crippen MR) is 80.9 cm³/mol. The van der Waals surface area contributed by atoms with Crippen LogP contribution in [-0.4, -0.2) is 37.9 Å². The molecule has 0 fully saturated rings. The van der Waals surface area contributed by atoms with Crippen LogP contribution >= 0.6 is 0 Å². The minimum Gasteiger partial charge on any atom is -0.465 e. The van der Waals surface area contributed by atoms with Gasteiger partial charge in [-0.1, -0.05) is 13.3 Å². The molecule has 0 aromatic heterocycles. The summed E-state index contributed by atoms with van der Waals surface area (Å²) in [6.45, 7) is 9.77. The zero-order chi connectivity index (χ0) is 16.5. The molecule has 5 heteroatoms. The van der Waals surface area contributed by atoms with Gasteiger partial charge in [0.25, 0.3) is 0 Å². The number of hydrogen-bond donors (Lipinski definition) is 0. The fourth-order valence-electron chi connectivity index (χ4n) is 2.20. The number of methoxy groups -OCH3 is 1. The van der Waals surface area contributed by atoms with Crippen LogP contribution in [0, 0.1) is 5.41 Å². The van der Waals surface area contributed by atoms with Crippen molar-refractivity contribution in [3.8, 4) is 0 Å². The van der Waals surface area contributed by atoms with E-state index in [4.69, 9.17) is 14.2 Å². The van der Waals surface area contributed by atoms with Crippen molar-refractivity contribution in [2.24, 2.45) is 5.41 Å². The van der Waals surface area contributed by atoms with Crippen LogP contribution in [-0.2, 0) is 23.8 Å². The number of carbonyl (C=O) groups excluding carboxylic acids is 2. The highest BCUT2D eigenvalue weighted by atomic mass is 16.6. The second-order valence-corrected chi connectivity index (χ2v) is 5.74. The van der Waals surface area contributed by atoms with Gasteiger partial charge in [0.05, 0.1) is 18.8 Å². The van der Waals surface area contributed by atoms with Crippen molar-refractivity contribution in [3.05, 3.63) is 0 Å². The first kappa shape index (κ1) is 19.9. The van der Waals surface area contributed by atoms with Gasteiger partial charge in [-0.25, -0.2) is 0 Å². The van der Waals surface area contributed by atoms with E-state index in [-0.39, 0.29) is 13.2 Å². The highest BCUT2D eigenvalue weighted by molar-refractivity contribution is 6.00. The Hall–Kier alpha value is -1.10. The van der Waals surface area contributed by atoms with Crippen LogP contribution in [0.5, 0.6) is 0 Å². The SMILES string of the molecule is CCCC(CCC(C)(C)OC)(C(=O)OCC)C(=O)OCC. The van der Waals surface area contributed by atoms with Crippen LogP contribution in [0.2, 0.25) is 0 Å². The summed E-state index contributed by atoms with van der Waals surface area (Å²) in [4.78, 5) is 24.8. The highest BCUT2D eigenvalue weighted by Gasteiger charge is 2.48. The van der Waals surface area contributed by atoms with E-state index < -0.39 is 23.0 Å². The third kappa shape index (κ3) is 5.65. The van der Waals surface area contributed by atoms with E-state index in [0.717, 1.165) is 0 Å². The third-order valence-corrected chi connectivity index (χ3v) is 3.72. The quantitative estimate of drug-likeness (QED) is 0.458. The predicted octanol–water partition coefficient (Wildman–Crippen LogP) is 3.10. The lowest BCUT2D eigenvalue weighted by atomic mass is 9.77. The molecule has 0 aliphatic heterocycles. The summed E-state index contributed by atoms with van der Waals surface area (Å²) >= 11 is 0. The van der Waals surface area contributed by atoms with Gasteiger partial charge in [0.15, 0.2) is 5.41 Å². The Balaban J connectivity index is 5.36. The van der Waals surface area contributed by atoms with Gasteiger partial charge in [-0.05, 0) is 47.0 Å². The fraction of sp³-hybridized carbons (Fsp3) is 0.875. The Morgan fingerprint density at radius 3 is 1.67 bits per heavy atom. The van der Waals surface area contributed by atoms with Crippen molar-refractivity contribution in [2.45, 2.75) is 65.9 Å². The molecule has 0 bridgehead atoms. The average Bonchev–Trinajstić information content (AvgIpc) is 2.44. The minimum absolute atomic E-state index is 0.247. The zero-order valence-electron chi connectivity index (χ0n) is 14.3. The first-order valence-electron chi connectivity index (χ1n) is 7.69. The zero-order valence-corrected chi connectivity index (χ0v) is 14.3. The molecule has 0 atom stereocenters. The van der Waals surface area contributed by atoms with E-state index in [9.17, 15) is 9.59 Å². The van der Waals surface area contributed by atoms with Gasteiger partial charge >= 0.3 is 11.9 Å². The minimum atomic E-state index is -1.23. The lowest BCUT2D eigenvalue weighted by Crippen LogP contribution is -2.43. The molecule has 0 amide bonds.